The van der Waals surface area contributed by atoms with Crippen molar-refractivity contribution >= 4 is 10.4 Å². The third-order valence-corrected chi connectivity index (χ3v) is 3.80. The molecule has 0 radical (unpaired) electrons. The minimum absolute atomic E-state index is 0. The zero-order valence-electron chi connectivity index (χ0n) is 13.4. The van der Waals surface area contributed by atoms with Crippen molar-refractivity contribution in [2.75, 3.05) is 6.61 Å². The van der Waals surface area contributed by atoms with E-state index in [1.807, 2.05) is 0 Å². The molecule has 0 unspecified atom stereocenters. The smallest absolute Gasteiger partial charge is 0.726 e. The fraction of sp³-hybridized carbons (Fsp3) is 1.00. The first-order valence-electron chi connectivity index (χ1n) is 7.59. The Hall–Kier alpha value is 1.51. The van der Waals surface area contributed by atoms with Crippen molar-refractivity contribution in [3.05, 3.63) is 0 Å². The second kappa shape index (κ2) is 15.4. The normalized spacial score (nSPS) is 11.6. The van der Waals surface area contributed by atoms with Gasteiger partial charge in [0.15, 0.2) is 0 Å². The molecular formula is C14H29KO4S. The molecule has 4 nitrogen and oxygen atoms in total. The molecule has 0 saturated carbocycles. The van der Waals surface area contributed by atoms with Gasteiger partial charge in [0.2, 0.25) is 10.4 Å². The molecule has 0 aromatic carbocycles. The first-order chi connectivity index (χ1) is 8.99. The van der Waals surface area contributed by atoms with Crippen molar-refractivity contribution in [1.29, 1.82) is 0 Å². The second-order valence-electron chi connectivity index (χ2n) is 5.26. The Morgan fingerprint density at radius 3 is 1.70 bits per heavy atom. The van der Waals surface area contributed by atoms with Crippen molar-refractivity contribution in [1.82, 2.24) is 0 Å². The molecular weight excluding hydrogens is 303 g/mol. The molecule has 0 spiro atoms. The average molecular weight is 333 g/mol. The molecule has 116 valence electrons. The van der Waals surface area contributed by atoms with Gasteiger partial charge in [-0.15, -0.1) is 0 Å². The van der Waals surface area contributed by atoms with Crippen LogP contribution in [0.3, 0.4) is 0 Å². The second-order valence-corrected chi connectivity index (χ2v) is 6.31. The van der Waals surface area contributed by atoms with Crippen molar-refractivity contribution < 1.29 is 68.5 Å². The molecule has 0 aromatic heterocycles. The van der Waals surface area contributed by atoms with Crippen LogP contribution in [0.5, 0.6) is 0 Å². The largest absolute Gasteiger partial charge is 1.00 e. The summed E-state index contributed by atoms with van der Waals surface area (Å²) in [6.07, 6.45) is 11.2. The molecule has 0 aromatic rings. The SMILES string of the molecule is CCCCCCC(CCCCCC)COS(=O)(=O)[O-].[K+]. The van der Waals surface area contributed by atoms with Crippen LogP contribution in [0.2, 0.25) is 0 Å². The Bertz CT molecular complexity index is 282. The molecule has 0 atom stereocenters. The van der Waals surface area contributed by atoms with E-state index in [1.54, 1.807) is 0 Å². The third kappa shape index (κ3) is 17.6. The maximum Gasteiger partial charge on any atom is 1.00 e. The topological polar surface area (TPSA) is 66.4 Å². The van der Waals surface area contributed by atoms with E-state index in [2.05, 4.69) is 18.0 Å². The number of rotatable bonds is 13. The fourth-order valence-electron chi connectivity index (χ4n) is 2.21. The Morgan fingerprint density at radius 2 is 1.35 bits per heavy atom. The number of hydrogen-bond donors (Lipinski definition) is 0. The summed E-state index contributed by atoms with van der Waals surface area (Å²) in [7, 11) is -4.54. The van der Waals surface area contributed by atoms with Gasteiger partial charge in [-0.25, -0.2) is 8.42 Å². The number of hydrogen-bond acceptors (Lipinski definition) is 4. The molecule has 0 aliphatic heterocycles. The zero-order chi connectivity index (χ0) is 14.6. The van der Waals surface area contributed by atoms with E-state index in [4.69, 9.17) is 0 Å². The summed E-state index contributed by atoms with van der Waals surface area (Å²) in [5.74, 6) is 0.206. The molecule has 6 heteroatoms. The van der Waals surface area contributed by atoms with Gasteiger partial charge in [0.25, 0.3) is 0 Å². The van der Waals surface area contributed by atoms with Gasteiger partial charge >= 0.3 is 51.4 Å². The summed E-state index contributed by atoms with van der Waals surface area (Å²) in [5.41, 5.74) is 0. The average Bonchev–Trinajstić information content (AvgIpc) is 2.34. The van der Waals surface area contributed by atoms with Crippen LogP contribution in [-0.2, 0) is 14.6 Å². The molecule has 0 heterocycles. The Labute approximate surface area is 167 Å². The molecule has 0 aliphatic rings. The van der Waals surface area contributed by atoms with Crippen LogP contribution < -0.4 is 51.4 Å². The van der Waals surface area contributed by atoms with Crippen LogP contribution in [0, 0.1) is 5.92 Å². The van der Waals surface area contributed by atoms with Gasteiger partial charge in [0.05, 0.1) is 6.61 Å². The maximum atomic E-state index is 10.5. The predicted molar refractivity (Wildman–Crippen MR) is 76.7 cm³/mol. The van der Waals surface area contributed by atoms with E-state index < -0.39 is 10.4 Å². The summed E-state index contributed by atoms with van der Waals surface area (Å²) in [4.78, 5) is 0. The quantitative estimate of drug-likeness (QED) is 0.219. The van der Waals surface area contributed by atoms with E-state index >= 15 is 0 Å². The van der Waals surface area contributed by atoms with E-state index in [0.717, 1.165) is 25.7 Å². The molecule has 0 fully saturated rings. The van der Waals surface area contributed by atoms with E-state index in [9.17, 15) is 13.0 Å². The van der Waals surface area contributed by atoms with Gasteiger partial charge in [0, 0.05) is 0 Å². The molecule has 0 saturated heterocycles. The van der Waals surface area contributed by atoms with Crippen LogP contribution in [0.15, 0.2) is 0 Å². The minimum Gasteiger partial charge on any atom is -0.726 e. The molecule has 0 amide bonds. The van der Waals surface area contributed by atoms with Crippen LogP contribution in [0.25, 0.3) is 0 Å². The summed E-state index contributed by atoms with van der Waals surface area (Å²) in [6.45, 7) is 4.38. The first kappa shape index (κ1) is 23.8. The monoisotopic (exact) mass is 332 g/mol. The van der Waals surface area contributed by atoms with Gasteiger partial charge in [-0.1, -0.05) is 65.2 Å². The van der Waals surface area contributed by atoms with Crippen LogP contribution in [-0.4, -0.2) is 19.6 Å². The summed E-state index contributed by atoms with van der Waals surface area (Å²) >= 11 is 0. The van der Waals surface area contributed by atoms with Crippen molar-refractivity contribution in [2.45, 2.75) is 78.1 Å². The van der Waals surface area contributed by atoms with Crippen LogP contribution in [0.1, 0.15) is 78.1 Å². The summed E-state index contributed by atoms with van der Waals surface area (Å²) in [5, 5.41) is 0. The van der Waals surface area contributed by atoms with Gasteiger partial charge < -0.3 is 4.55 Å². The van der Waals surface area contributed by atoms with Crippen molar-refractivity contribution in [3.8, 4) is 0 Å². The summed E-state index contributed by atoms with van der Waals surface area (Å²) < 4.78 is 36.0. The molecule has 0 bridgehead atoms. The minimum atomic E-state index is -4.54. The fourth-order valence-corrected chi connectivity index (χ4v) is 2.57. The van der Waals surface area contributed by atoms with Crippen molar-refractivity contribution in [3.63, 3.8) is 0 Å². The van der Waals surface area contributed by atoms with E-state index in [0.29, 0.717) is 0 Å². The van der Waals surface area contributed by atoms with E-state index in [-0.39, 0.29) is 63.9 Å². The maximum absolute atomic E-state index is 10.5. The van der Waals surface area contributed by atoms with Crippen LogP contribution >= 0.6 is 0 Å². The molecule has 20 heavy (non-hydrogen) atoms. The molecule has 0 aliphatic carbocycles. The van der Waals surface area contributed by atoms with Gasteiger partial charge in [-0.2, -0.15) is 0 Å². The Kier molecular flexibility index (Phi) is 18.3. The predicted octanol–water partition coefficient (Wildman–Crippen LogP) is 1.02. The Morgan fingerprint density at radius 1 is 0.900 bits per heavy atom. The zero-order valence-corrected chi connectivity index (χ0v) is 17.3. The molecule has 0 N–H and O–H groups in total. The van der Waals surface area contributed by atoms with Gasteiger partial charge in [0.1, 0.15) is 0 Å². The van der Waals surface area contributed by atoms with E-state index in [1.165, 1.54) is 38.5 Å². The first-order valence-corrected chi connectivity index (χ1v) is 8.93. The van der Waals surface area contributed by atoms with Gasteiger partial charge in [-0.3, -0.25) is 4.18 Å². The Balaban J connectivity index is 0. The van der Waals surface area contributed by atoms with Crippen molar-refractivity contribution in [2.24, 2.45) is 5.92 Å². The number of unbranched alkanes of at least 4 members (excludes halogenated alkanes) is 6. The third-order valence-electron chi connectivity index (χ3n) is 3.38. The summed E-state index contributed by atoms with van der Waals surface area (Å²) in [6, 6.07) is 0. The standard InChI is InChI=1S/C14H30O4S.K/c1-3-5-7-9-11-14(12-10-8-6-4-2)13-18-19(15,16)17;/h14H,3-13H2,1-2H3,(H,15,16,17);/q;+1/p-1. The molecule has 0 rings (SSSR count). The van der Waals surface area contributed by atoms with Crippen LogP contribution in [0.4, 0.5) is 0 Å². The van der Waals surface area contributed by atoms with Gasteiger partial charge in [-0.05, 0) is 18.8 Å².